The van der Waals surface area contributed by atoms with Crippen molar-refractivity contribution in [1.29, 1.82) is 0 Å². The third-order valence-corrected chi connectivity index (χ3v) is 5.48. The van der Waals surface area contributed by atoms with E-state index in [1.54, 1.807) is 11.3 Å². The Morgan fingerprint density at radius 2 is 1.96 bits per heavy atom. The molecule has 0 unspecified atom stereocenters. The monoisotopic (exact) mass is 356 g/mol. The van der Waals surface area contributed by atoms with E-state index in [4.69, 9.17) is 0 Å². The van der Waals surface area contributed by atoms with Crippen LogP contribution in [-0.2, 0) is 13.1 Å². The van der Waals surface area contributed by atoms with Gasteiger partial charge in [0.05, 0.1) is 11.9 Å². The molecule has 6 nitrogen and oxygen atoms in total. The Morgan fingerprint density at radius 3 is 2.76 bits per heavy atom. The molecule has 3 heterocycles. The minimum atomic E-state index is 0.784. The highest BCUT2D eigenvalue weighted by Gasteiger charge is 2.14. The van der Waals surface area contributed by atoms with Crippen LogP contribution in [0.5, 0.6) is 0 Å². The fourth-order valence-electron chi connectivity index (χ4n) is 3.16. The molecule has 1 aliphatic heterocycles. The van der Waals surface area contributed by atoms with Gasteiger partial charge in [-0.05, 0) is 25.1 Å². The topological polar surface area (TPSA) is 48.7 Å². The van der Waals surface area contributed by atoms with Crippen molar-refractivity contribution >= 4 is 21.4 Å². The Kier molecular flexibility index (Phi) is 4.70. The molecule has 0 radical (unpaired) electrons. The Hall–Kier alpha value is -1.96. The number of anilines is 1. The number of nitrogens with zero attached hydrogens (tertiary/aromatic N) is 5. The molecule has 25 heavy (non-hydrogen) atoms. The van der Waals surface area contributed by atoms with E-state index >= 15 is 0 Å². The summed E-state index contributed by atoms with van der Waals surface area (Å²) in [5.74, 6) is 0. The van der Waals surface area contributed by atoms with E-state index in [0.717, 1.165) is 55.1 Å². The lowest BCUT2D eigenvalue weighted by molar-refractivity contribution is 0.148. The number of imidazole rings is 1. The molecule has 7 heteroatoms. The van der Waals surface area contributed by atoms with Crippen LogP contribution in [0.3, 0.4) is 0 Å². The predicted molar refractivity (Wildman–Crippen MR) is 102 cm³/mol. The van der Waals surface area contributed by atoms with Gasteiger partial charge in [0.1, 0.15) is 0 Å². The highest BCUT2D eigenvalue weighted by atomic mass is 32.1. The van der Waals surface area contributed by atoms with Crippen molar-refractivity contribution in [2.45, 2.75) is 20.0 Å². The van der Waals surface area contributed by atoms with Crippen molar-refractivity contribution in [2.75, 3.05) is 38.5 Å². The van der Waals surface area contributed by atoms with Crippen LogP contribution >= 0.6 is 11.3 Å². The van der Waals surface area contributed by atoms with Gasteiger partial charge in [0.25, 0.3) is 0 Å². The van der Waals surface area contributed by atoms with Gasteiger partial charge in [-0.2, -0.15) is 0 Å². The third kappa shape index (κ3) is 4.00. The van der Waals surface area contributed by atoms with E-state index in [1.165, 1.54) is 11.1 Å². The summed E-state index contributed by atoms with van der Waals surface area (Å²) in [5, 5.41) is 8.85. The zero-order valence-corrected chi connectivity index (χ0v) is 15.6. The summed E-state index contributed by atoms with van der Waals surface area (Å²) in [6.07, 6.45) is 1.95. The van der Waals surface area contributed by atoms with Crippen molar-refractivity contribution in [3.05, 3.63) is 47.3 Å². The van der Waals surface area contributed by atoms with Crippen molar-refractivity contribution in [1.82, 2.24) is 24.4 Å². The number of nitrogens with one attached hydrogen (secondary N) is 1. The quantitative estimate of drug-likeness (QED) is 0.761. The Labute approximate surface area is 152 Å². The van der Waals surface area contributed by atoms with Gasteiger partial charge in [0.15, 0.2) is 0 Å². The second-order valence-electron chi connectivity index (χ2n) is 6.77. The van der Waals surface area contributed by atoms with Gasteiger partial charge in [-0.15, -0.1) is 5.10 Å². The highest BCUT2D eigenvalue weighted by molar-refractivity contribution is 7.20. The van der Waals surface area contributed by atoms with Crippen LogP contribution in [0.15, 0.2) is 30.5 Å². The average Bonchev–Trinajstić information content (AvgIpc) is 3.12. The Morgan fingerprint density at radius 1 is 1.16 bits per heavy atom. The molecule has 1 aliphatic rings. The predicted octanol–water partition coefficient (Wildman–Crippen LogP) is 2.46. The summed E-state index contributed by atoms with van der Waals surface area (Å²) in [6.45, 7) is 8.42. The summed E-state index contributed by atoms with van der Waals surface area (Å²) in [4.78, 5) is 10.3. The number of hydrogen-bond donors (Lipinski definition) is 1. The van der Waals surface area contributed by atoms with E-state index < -0.39 is 0 Å². The van der Waals surface area contributed by atoms with Crippen LogP contribution in [0.25, 0.3) is 4.96 Å². The van der Waals surface area contributed by atoms with Gasteiger partial charge < -0.3 is 10.2 Å². The fourth-order valence-corrected chi connectivity index (χ4v) is 3.98. The Bertz CT molecular complexity index is 815. The largest absolute Gasteiger partial charge is 0.356 e. The maximum Gasteiger partial charge on any atom is 0.214 e. The van der Waals surface area contributed by atoms with Gasteiger partial charge in [-0.3, -0.25) is 4.90 Å². The molecule has 0 amide bonds. The molecule has 0 saturated carbocycles. The molecule has 0 aliphatic carbocycles. The average molecular weight is 356 g/mol. The minimum Gasteiger partial charge on any atom is -0.356 e. The molecule has 1 aromatic carbocycles. The first kappa shape index (κ1) is 16.5. The maximum absolute atomic E-state index is 4.52. The number of rotatable bonds is 5. The van der Waals surface area contributed by atoms with Crippen LogP contribution in [0.4, 0.5) is 5.13 Å². The number of likely N-dealkylation sites (N-methyl/N-ethyl adjacent to an activating group) is 1. The number of aromatic nitrogens is 3. The summed E-state index contributed by atoms with van der Waals surface area (Å²) in [6, 6.07) is 8.85. The summed E-state index contributed by atoms with van der Waals surface area (Å²) in [7, 11) is 2.20. The van der Waals surface area contributed by atoms with Gasteiger partial charge in [0, 0.05) is 39.3 Å². The van der Waals surface area contributed by atoms with Gasteiger partial charge in [-0.25, -0.2) is 9.50 Å². The normalized spacial score (nSPS) is 16.6. The van der Waals surface area contributed by atoms with Gasteiger partial charge in [0.2, 0.25) is 10.1 Å². The zero-order chi connectivity index (χ0) is 17.2. The standard InChI is InChI=1S/C18H24N6S/c1-14-12-24-18(20-14)25-17(21-24)19-11-15-4-3-5-16(10-15)13-23-8-6-22(2)7-9-23/h3-5,10,12H,6-9,11,13H2,1-2H3,(H,19,21). The molecule has 1 fully saturated rings. The molecule has 2 aromatic heterocycles. The number of benzene rings is 1. The maximum atomic E-state index is 4.52. The van der Waals surface area contributed by atoms with Crippen molar-refractivity contribution in [3.63, 3.8) is 0 Å². The molecule has 4 rings (SSSR count). The van der Waals surface area contributed by atoms with E-state index in [0.29, 0.717) is 0 Å². The number of fused-ring (bicyclic) bond motifs is 1. The molecule has 0 bridgehead atoms. The van der Waals surface area contributed by atoms with Crippen LogP contribution in [0, 0.1) is 6.92 Å². The van der Waals surface area contributed by atoms with Crippen molar-refractivity contribution < 1.29 is 0 Å². The lowest BCUT2D eigenvalue weighted by atomic mass is 10.1. The third-order valence-electron chi connectivity index (χ3n) is 4.60. The number of piperazine rings is 1. The molecular formula is C18H24N6S. The number of hydrogen-bond acceptors (Lipinski definition) is 6. The summed E-state index contributed by atoms with van der Waals surface area (Å²) in [5.41, 5.74) is 3.67. The van der Waals surface area contributed by atoms with Crippen LogP contribution in [0.1, 0.15) is 16.8 Å². The fraction of sp³-hybridized carbons (Fsp3) is 0.444. The molecular weight excluding hydrogens is 332 g/mol. The zero-order valence-electron chi connectivity index (χ0n) is 14.8. The van der Waals surface area contributed by atoms with Gasteiger partial charge in [-0.1, -0.05) is 35.6 Å². The lowest BCUT2D eigenvalue weighted by Crippen LogP contribution is -2.43. The van der Waals surface area contributed by atoms with Crippen LogP contribution < -0.4 is 5.32 Å². The molecule has 1 N–H and O–H groups in total. The molecule has 3 aromatic rings. The Balaban J connectivity index is 1.36. The highest BCUT2D eigenvalue weighted by Crippen LogP contribution is 2.20. The molecule has 0 spiro atoms. The molecule has 132 valence electrons. The van der Waals surface area contributed by atoms with Gasteiger partial charge >= 0.3 is 0 Å². The van der Waals surface area contributed by atoms with E-state index in [1.807, 2.05) is 17.6 Å². The molecule has 0 atom stereocenters. The number of aryl methyl sites for hydroxylation is 1. The minimum absolute atomic E-state index is 0.784. The van der Waals surface area contributed by atoms with E-state index in [-0.39, 0.29) is 0 Å². The van der Waals surface area contributed by atoms with Crippen LogP contribution in [0.2, 0.25) is 0 Å². The van der Waals surface area contributed by atoms with Crippen molar-refractivity contribution in [3.8, 4) is 0 Å². The first-order valence-corrected chi connectivity index (χ1v) is 9.53. The smallest absolute Gasteiger partial charge is 0.214 e. The first-order chi connectivity index (χ1) is 12.2. The lowest BCUT2D eigenvalue weighted by Gasteiger charge is -2.32. The second kappa shape index (κ2) is 7.11. The second-order valence-corrected chi connectivity index (χ2v) is 7.73. The summed E-state index contributed by atoms with van der Waals surface area (Å²) < 4.78 is 1.84. The van der Waals surface area contributed by atoms with E-state index in [9.17, 15) is 0 Å². The van der Waals surface area contributed by atoms with Crippen molar-refractivity contribution in [2.24, 2.45) is 0 Å². The summed E-state index contributed by atoms with van der Waals surface area (Å²) >= 11 is 1.59. The molecule has 1 saturated heterocycles. The first-order valence-electron chi connectivity index (χ1n) is 8.71. The van der Waals surface area contributed by atoms with Crippen LogP contribution in [-0.4, -0.2) is 57.6 Å². The SMILES string of the molecule is Cc1cn2nc(NCc3cccc(CN4CCN(C)CC4)c3)sc2n1. The van der Waals surface area contributed by atoms with E-state index in [2.05, 4.69) is 56.5 Å².